The average molecular weight is 602 g/mol. The zero-order valence-electron chi connectivity index (χ0n) is 22.6. The van der Waals surface area contributed by atoms with Gasteiger partial charge in [0.2, 0.25) is 0 Å². The Bertz CT molecular complexity index is 1800. The second-order valence-electron chi connectivity index (χ2n) is 8.97. The molecule has 0 fully saturated rings. The van der Waals surface area contributed by atoms with Crippen molar-refractivity contribution in [1.82, 2.24) is 10.4 Å². The van der Waals surface area contributed by atoms with Crippen LogP contribution in [0.2, 0.25) is 10.0 Å². The Morgan fingerprint density at radius 2 is 1.69 bits per heavy atom. The summed E-state index contributed by atoms with van der Waals surface area (Å²) in [5.41, 5.74) is 5.71. The Kier molecular flexibility index (Phi) is 8.76. The number of H-pyrrole nitrogens is 1. The normalized spacial score (nSPS) is 11.0. The van der Waals surface area contributed by atoms with Crippen LogP contribution in [-0.4, -0.2) is 36.8 Å². The third-order valence-electron chi connectivity index (χ3n) is 6.33. The molecule has 8 nitrogen and oxygen atoms in total. The highest BCUT2D eigenvalue weighted by Crippen LogP contribution is 2.38. The molecule has 212 valence electrons. The van der Waals surface area contributed by atoms with Gasteiger partial charge in [0.25, 0.3) is 5.91 Å². The van der Waals surface area contributed by atoms with Gasteiger partial charge in [0.1, 0.15) is 11.4 Å². The quantitative estimate of drug-likeness (QED) is 0.0786. The lowest BCUT2D eigenvalue weighted by molar-refractivity contribution is 0.0728. The third-order valence-corrected chi connectivity index (χ3v) is 6.97. The topological polar surface area (TPSA) is 102 Å². The van der Waals surface area contributed by atoms with Gasteiger partial charge in [0.15, 0.2) is 11.5 Å². The summed E-state index contributed by atoms with van der Waals surface area (Å²) in [6, 6.07) is 24.2. The fourth-order valence-electron chi connectivity index (χ4n) is 4.36. The van der Waals surface area contributed by atoms with E-state index in [0.29, 0.717) is 55.9 Å². The van der Waals surface area contributed by atoms with Crippen LogP contribution >= 0.6 is 23.2 Å². The van der Waals surface area contributed by atoms with Crippen molar-refractivity contribution in [3.05, 3.63) is 112 Å². The highest BCUT2D eigenvalue weighted by atomic mass is 35.5. The number of aromatic nitrogens is 1. The zero-order chi connectivity index (χ0) is 29.6. The van der Waals surface area contributed by atoms with Gasteiger partial charge in [-0.2, -0.15) is 5.10 Å². The molecule has 10 heteroatoms. The van der Waals surface area contributed by atoms with Gasteiger partial charge in [-0.25, -0.2) is 10.2 Å². The van der Waals surface area contributed by atoms with Crippen LogP contribution in [0.4, 0.5) is 0 Å². The highest BCUT2D eigenvalue weighted by Gasteiger charge is 2.22. The molecule has 0 atom stereocenters. The number of nitrogens with one attached hydrogen (secondary N) is 2. The largest absolute Gasteiger partial charge is 0.497 e. The van der Waals surface area contributed by atoms with E-state index in [1.54, 1.807) is 61.7 Å². The highest BCUT2D eigenvalue weighted by molar-refractivity contribution is 6.37. The number of para-hydroxylation sites is 1. The molecular weight excluding hydrogens is 577 g/mol. The van der Waals surface area contributed by atoms with Gasteiger partial charge in [-0.1, -0.05) is 53.5 Å². The summed E-state index contributed by atoms with van der Waals surface area (Å²) in [5, 5.41) is 5.86. The molecule has 2 N–H and O–H groups in total. The van der Waals surface area contributed by atoms with E-state index in [9.17, 15) is 9.59 Å². The van der Waals surface area contributed by atoms with Crippen molar-refractivity contribution in [3.8, 4) is 28.4 Å². The number of aromatic amines is 1. The number of methoxy groups -OCH3 is 1. The van der Waals surface area contributed by atoms with Crippen LogP contribution in [0.15, 0.2) is 90.0 Å². The maximum absolute atomic E-state index is 13.3. The number of rotatable bonds is 9. The molecule has 4 aromatic carbocycles. The van der Waals surface area contributed by atoms with Gasteiger partial charge in [-0.3, -0.25) is 4.79 Å². The number of carbonyl (C=O) groups is 2. The minimum absolute atomic E-state index is 0.248. The molecule has 0 aliphatic heterocycles. The number of esters is 1. The van der Waals surface area contributed by atoms with Crippen molar-refractivity contribution in [2.75, 3.05) is 13.7 Å². The number of hydrogen-bond donors (Lipinski definition) is 2. The Labute approximate surface area is 251 Å². The van der Waals surface area contributed by atoms with E-state index in [4.69, 9.17) is 37.4 Å². The lowest BCUT2D eigenvalue weighted by Crippen LogP contribution is -2.19. The number of carbonyl (C=O) groups excluding carboxylic acids is 2. The molecule has 0 unspecified atom stereocenters. The molecule has 0 bridgehead atoms. The predicted molar refractivity (Wildman–Crippen MR) is 164 cm³/mol. The molecule has 42 heavy (non-hydrogen) atoms. The molecule has 0 saturated heterocycles. The van der Waals surface area contributed by atoms with Gasteiger partial charge in [0.05, 0.1) is 36.0 Å². The van der Waals surface area contributed by atoms with E-state index >= 15 is 0 Å². The fourth-order valence-corrected chi connectivity index (χ4v) is 4.81. The predicted octanol–water partition coefficient (Wildman–Crippen LogP) is 7.53. The first-order chi connectivity index (χ1) is 20.4. The number of ether oxygens (including phenoxy) is 3. The maximum atomic E-state index is 13.3. The lowest BCUT2D eigenvalue weighted by atomic mass is 10.0. The van der Waals surface area contributed by atoms with Crippen molar-refractivity contribution in [2.24, 2.45) is 5.10 Å². The monoisotopic (exact) mass is 601 g/mol. The Morgan fingerprint density at radius 1 is 0.929 bits per heavy atom. The molecule has 0 aliphatic rings. The molecule has 1 amide bonds. The van der Waals surface area contributed by atoms with Crippen LogP contribution in [0.5, 0.6) is 17.2 Å². The molecular formula is C32H25Cl2N3O5. The van der Waals surface area contributed by atoms with Crippen LogP contribution in [0.1, 0.15) is 33.3 Å². The molecule has 0 radical (unpaired) electrons. The lowest BCUT2D eigenvalue weighted by Gasteiger charge is -2.11. The van der Waals surface area contributed by atoms with E-state index in [2.05, 4.69) is 15.5 Å². The fraction of sp³-hybridized carbons (Fsp3) is 0.0938. The second kappa shape index (κ2) is 12.8. The number of nitrogens with zero attached hydrogens (tertiary/aromatic N) is 1. The number of benzene rings is 4. The van der Waals surface area contributed by atoms with Crippen LogP contribution in [-0.2, 0) is 0 Å². The summed E-state index contributed by atoms with van der Waals surface area (Å²) in [6.07, 6.45) is 1.46. The molecule has 1 heterocycles. The molecule has 1 aromatic heterocycles. The number of halogens is 2. The summed E-state index contributed by atoms with van der Waals surface area (Å²) in [4.78, 5) is 29.1. The van der Waals surface area contributed by atoms with E-state index in [1.165, 1.54) is 6.21 Å². The summed E-state index contributed by atoms with van der Waals surface area (Å²) in [7, 11) is 1.55. The van der Waals surface area contributed by atoms with E-state index in [1.807, 2.05) is 37.3 Å². The summed E-state index contributed by atoms with van der Waals surface area (Å²) < 4.78 is 16.4. The third kappa shape index (κ3) is 6.10. The smallest absolute Gasteiger partial charge is 0.343 e. The maximum Gasteiger partial charge on any atom is 0.343 e. The van der Waals surface area contributed by atoms with Crippen molar-refractivity contribution >= 4 is 52.2 Å². The van der Waals surface area contributed by atoms with Crippen molar-refractivity contribution in [2.45, 2.75) is 6.92 Å². The average Bonchev–Trinajstić information content (AvgIpc) is 3.39. The van der Waals surface area contributed by atoms with Gasteiger partial charge in [0, 0.05) is 21.5 Å². The molecule has 0 saturated carbocycles. The number of amides is 1. The summed E-state index contributed by atoms with van der Waals surface area (Å²) in [6.45, 7) is 2.16. The summed E-state index contributed by atoms with van der Waals surface area (Å²) >= 11 is 12.9. The van der Waals surface area contributed by atoms with E-state index in [0.717, 1.165) is 5.39 Å². The Balaban J connectivity index is 1.36. The van der Waals surface area contributed by atoms with Gasteiger partial charge >= 0.3 is 5.97 Å². The van der Waals surface area contributed by atoms with Crippen LogP contribution in [0.3, 0.4) is 0 Å². The second-order valence-corrected chi connectivity index (χ2v) is 9.79. The standard InChI is InChI=1S/C32H25Cl2N3O5/c1-3-41-27-17-19(11-16-26(27)42-32(39)20-12-14-21(40-2)15-13-20)18-35-37-31(38)30-28(22-7-4-5-9-24(22)33)23-8-6-10-25(34)29(23)36-30/h4-18,36H,3H2,1-2H3,(H,37,38). The Hall–Kier alpha value is -4.79. The first-order valence-corrected chi connectivity index (χ1v) is 13.7. The van der Waals surface area contributed by atoms with Crippen LogP contribution in [0, 0.1) is 0 Å². The van der Waals surface area contributed by atoms with Crippen LogP contribution in [0.25, 0.3) is 22.0 Å². The van der Waals surface area contributed by atoms with Gasteiger partial charge in [-0.15, -0.1) is 0 Å². The summed E-state index contributed by atoms with van der Waals surface area (Å²) in [5.74, 6) is 0.202. The van der Waals surface area contributed by atoms with Crippen LogP contribution < -0.4 is 19.6 Å². The minimum Gasteiger partial charge on any atom is -0.497 e. The Morgan fingerprint density at radius 3 is 2.43 bits per heavy atom. The zero-order valence-corrected chi connectivity index (χ0v) is 24.1. The minimum atomic E-state index is -0.542. The molecule has 5 rings (SSSR count). The van der Waals surface area contributed by atoms with E-state index < -0.39 is 11.9 Å². The SMILES string of the molecule is CCOc1cc(C=NNC(=O)c2[nH]c3c(Cl)cccc3c2-c2ccccc2Cl)ccc1OC(=O)c1ccc(OC)cc1. The molecule has 0 aliphatic carbocycles. The molecule has 5 aromatic rings. The van der Waals surface area contributed by atoms with Gasteiger partial charge < -0.3 is 19.2 Å². The van der Waals surface area contributed by atoms with Crippen molar-refractivity contribution in [3.63, 3.8) is 0 Å². The van der Waals surface area contributed by atoms with E-state index in [-0.39, 0.29) is 11.4 Å². The van der Waals surface area contributed by atoms with Crippen molar-refractivity contribution < 1.29 is 23.8 Å². The van der Waals surface area contributed by atoms with Gasteiger partial charge in [-0.05, 0) is 67.1 Å². The molecule has 0 spiro atoms. The van der Waals surface area contributed by atoms with Crippen molar-refractivity contribution in [1.29, 1.82) is 0 Å². The first-order valence-electron chi connectivity index (χ1n) is 12.9. The number of hydrogen-bond acceptors (Lipinski definition) is 6. The number of hydrazone groups is 1. The number of fused-ring (bicyclic) bond motifs is 1. The first kappa shape index (κ1) is 28.7.